The zero-order valence-corrected chi connectivity index (χ0v) is 19.2. The lowest BCUT2D eigenvalue weighted by Gasteiger charge is -2.58. The maximum absolute atomic E-state index is 12.3. The zero-order chi connectivity index (χ0) is 23.5. The van der Waals surface area contributed by atoms with Crippen LogP contribution in [0.2, 0.25) is 0 Å². The van der Waals surface area contributed by atoms with E-state index in [1.807, 2.05) is 26.8 Å². The van der Waals surface area contributed by atoms with Crippen molar-refractivity contribution < 1.29 is 43.2 Å². The monoisotopic (exact) mass is 452 g/mol. The molecule has 0 aromatic carbocycles. The van der Waals surface area contributed by atoms with Gasteiger partial charge in [0.15, 0.2) is 0 Å². The van der Waals surface area contributed by atoms with Gasteiger partial charge in [0.1, 0.15) is 36.6 Å². The summed E-state index contributed by atoms with van der Waals surface area (Å²) in [5.41, 5.74) is -1.98. The fourth-order valence-electron chi connectivity index (χ4n) is 6.14. The van der Waals surface area contributed by atoms with E-state index in [1.165, 1.54) is 13.8 Å². The highest BCUT2D eigenvalue weighted by molar-refractivity contribution is 5.70. The van der Waals surface area contributed by atoms with Gasteiger partial charge in [0.05, 0.1) is 23.5 Å². The topological polar surface area (TPSA) is 121 Å². The highest BCUT2D eigenvalue weighted by Gasteiger charge is 2.86. The van der Waals surface area contributed by atoms with Gasteiger partial charge < -0.3 is 28.8 Å². The number of epoxide rings is 1. The first kappa shape index (κ1) is 23.2. The molecule has 2 aliphatic carbocycles. The number of aliphatic hydroxyl groups excluding tert-OH is 1. The Morgan fingerprint density at radius 3 is 2.47 bits per heavy atom. The number of rotatable bonds is 6. The van der Waals surface area contributed by atoms with Crippen molar-refractivity contribution in [3.63, 3.8) is 0 Å². The highest BCUT2D eigenvalue weighted by atomic mass is 16.7. The van der Waals surface area contributed by atoms with Crippen molar-refractivity contribution in [2.24, 2.45) is 10.8 Å². The fraction of sp³-hybridized carbons (Fsp3) is 0.783. The number of fused-ring (bicyclic) bond motifs is 2. The summed E-state index contributed by atoms with van der Waals surface area (Å²) in [5.74, 6) is -1.32. The van der Waals surface area contributed by atoms with Crippen molar-refractivity contribution in [2.75, 3.05) is 13.2 Å². The molecule has 3 fully saturated rings. The van der Waals surface area contributed by atoms with Crippen LogP contribution in [0.1, 0.15) is 53.9 Å². The minimum Gasteiger partial charge on any atom is -0.465 e. The highest BCUT2D eigenvalue weighted by Crippen LogP contribution is 2.72. The zero-order valence-electron chi connectivity index (χ0n) is 19.2. The summed E-state index contributed by atoms with van der Waals surface area (Å²) >= 11 is 0. The molecule has 4 aliphatic rings. The van der Waals surface area contributed by atoms with Crippen LogP contribution in [0.5, 0.6) is 0 Å². The van der Waals surface area contributed by atoms with Crippen LogP contribution >= 0.6 is 0 Å². The summed E-state index contributed by atoms with van der Waals surface area (Å²) in [6.07, 6.45) is -0.755. The number of hydrogen-bond donors (Lipinski definition) is 1. The third-order valence-electron chi connectivity index (χ3n) is 7.88. The van der Waals surface area contributed by atoms with Crippen LogP contribution in [0.4, 0.5) is 0 Å². The number of carbonyl (C=O) groups excluding carboxylic acids is 3. The second kappa shape index (κ2) is 7.81. The summed E-state index contributed by atoms with van der Waals surface area (Å²) in [6, 6.07) is 0. The molecule has 0 radical (unpaired) electrons. The number of aliphatic hydroxyl groups is 1. The first-order valence-corrected chi connectivity index (χ1v) is 11.2. The predicted molar refractivity (Wildman–Crippen MR) is 109 cm³/mol. The van der Waals surface area contributed by atoms with Gasteiger partial charge in [-0.3, -0.25) is 14.4 Å². The third-order valence-corrected chi connectivity index (χ3v) is 7.88. The van der Waals surface area contributed by atoms with E-state index >= 15 is 0 Å². The molecule has 0 amide bonds. The Labute approximate surface area is 187 Å². The van der Waals surface area contributed by atoms with Crippen LogP contribution in [0, 0.1) is 10.8 Å². The minimum atomic E-state index is -1.11. The Morgan fingerprint density at radius 1 is 1.22 bits per heavy atom. The van der Waals surface area contributed by atoms with E-state index in [2.05, 4.69) is 0 Å². The number of carbonyl (C=O) groups is 3. The van der Waals surface area contributed by atoms with Gasteiger partial charge in [0.25, 0.3) is 0 Å². The molecular weight excluding hydrogens is 420 g/mol. The molecule has 0 aromatic rings. The maximum Gasteiger partial charge on any atom is 0.306 e. The molecule has 1 unspecified atom stereocenters. The van der Waals surface area contributed by atoms with Crippen molar-refractivity contribution in [2.45, 2.75) is 90.0 Å². The molecule has 2 aliphatic heterocycles. The normalized spacial score (nSPS) is 43.8. The molecule has 178 valence electrons. The van der Waals surface area contributed by atoms with Crippen molar-refractivity contribution in [3.8, 4) is 0 Å². The Hall–Kier alpha value is -1.97. The summed E-state index contributed by atoms with van der Waals surface area (Å²) in [5, 5.41) is 11.1. The standard InChI is InChI=1S/C23H32O9/c1-6-7-17(26)31-15-9-22(10-28-13(3)24)16(8-12(15)2)32-20-18(27)19(30-14(4)25)21(22,5)23(20)11-29-23/h8,15-16,18-20,27H,6-7,9-11H2,1-5H3/t15-,16+,18+,19+,20+,21+,22+,23?/m0/s1. The van der Waals surface area contributed by atoms with Crippen molar-refractivity contribution >= 4 is 17.9 Å². The lowest BCUT2D eigenvalue weighted by molar-refractivity contribution is -0.241. The van der Waals surface area contributed by atoms with Crippen molar-refractivity contribution in [1.82, 2.24) is 0 Å². The van der Waals surface area contributed by atoms with Crippen LogP contribution in [0.3, 0.4) is 0 Å². The smallest absolute Gasteiger partial charge is 0.306 e. The van der Waals surface area contributed by atoms with E-state index in [9.17, 15) is 19.5 Å². The minimum absolute atomic E-state index is 0.0581. The van der Waals surface area contributed by atoms with E-state index in [4.69, 9.17) is 23.7 Å². The Morgan fingerprint density at radius 2 is 1.91 bits per heavy atom. The Bertz CT molecular complexity index is 846. The molecule has 9 nitrogen and oxygen atoms in total. The van der Waals surface area contributed by atoms with Gasteiger partial charge in [-0.2, -0.15) is 0 Å². The fourth-order valence-corrected chi connectivity index (χ4v) is 6.14. The first-order chi connectivity index (χ1) is 15.0. The van der Waals surface area contributed by atoms with Crippen molar-refractivity contribution in [3.05, 3.63) is 11.6 Å². The van der Waals surface area contributed by atoms with E-state index < -0.39 is 58.9 Å². The van der Waals surface area contributed by atoms with Crippen LogP contribution in [0.15, 0.2) is 11.6 Å². The Kier molecular flexibility index (Phi) is 5.66. The molecule has 1 spiro atoms. The summed E-state index contributed by atoms with van der Waals surface area (Å²) in [4.78, 5) is 36.2. The lowest BCUT2D eigenvalue weighted by Crippen LogP contribution is -2.68. The van der Waals surface area contributed by atoms with Crippen molar-refractivity contribution in [1.29, 1.82) is 0 Å². The van der Waals surface area contributed by atoms with Gasteiger partial charge >= 0.3 is 17.9 Å². The van der Waals surface area contributed by atoms with Gasteiger partial charge in [-0.25, -0.2) is 0 Å². The van der Waals surface area contributed by atoms with E-state index in [0.29, 0.717) is 19.4 Å². The first-order valence-electron chi connectivity index (χ1n) is 11.2. The number of esters is 3. The molecule has 2 heterocycles. The average molecular weight is 453 g/mol. The van der Waals surface area contributed by atoms with Crippen LogP contribution in [-0.4, -0.2) is 72.3 Å². The summed E-state index contributed by atoms with van der Waals surface area (Å²) < 4.78 is 29.3. The van der Waals surface area contributed by atoms with Gasteiger partial charge in [-0.15, -0.1) is 0 Å². The summed E-state index contributed by atoms with van der Waals surface area (Å²) in [6.45, 7) is 8.53. The molecule has 8 atom stereocenters. The molecule has 2 bridgehead atoms. The molecule has 0 aromatic heterocycles. The second-order valence-electron chi connectivity index (χ2n) is 9.66. The molecule has 1 N–H and O–H groups in total. The molecule has 1 saturated carbocycles. The van der Waals surface area contributed by atoms with E-state index in [1.54, 1.807) is 0 Å². The second-order valence-corrected chi connectivity index (χ2v) is 9.66. The van der Waals surface area contributed by atoms with Crippen LogP contribution < -0.4 is 0 Å². The Balaban J connectivity index is 1.82. The van der Waals surface area contributed by atoms with E-state index in [-0.39, 0.29) is 19.0 Å². The molecule has 32 heavy (non-hydrogen) atoms. The lowest BCUT2D eigenvalue weighted by atomic mass is 9.51. The quantitative estimate of drug-likeness (QED) is 0.276. The molecular formula is C23H32O9. The van der Waals surface area contributed by atoms with Gasteiger partial charge in [0.2, 0.25) is 0 Å². The van der Waals surface area contributed by atoms with Crippen LogP contribution in [0.25, 0.3) is 0 Å². The van der Waals surface area contributed by atoms with E-state index in [0.717, 1.165) is 5.57 Å². The molecule has 2 saturated heterocycles. The average Bonchev–Trinajstić information content (AvgIpc) is 3.49. The van der Waals surface area contributed by atoms with Gasteiger partial charge in [-0.05, 0) is 18.9 Å². The van der Waals surface area contributed by atoms with Gasteiger partial charge in [-0.1, -0.05) is 19.9 Å². The van der Waals surface area contributed by atoms with Crippen LogP contribution in [-0.2, 0) is 38.1 Å². The maximum atomic E-state index is 12.3. The number of ether oxygens (including phenoxy) is 5. The molecule has 9 heteroatoms. The predicted octanol–water partition coefficient (Wildman–Crippen LogP) is 1.45. The summed E-state index contributed by atoms with van der Waals surface area (Å²) in [7, 11) is 0. The largest absolute Gasteiger partial charge is 0.465 e. The third kappa shape index (κ3) is 3.12. The molecule has 4 rings (SSSR count). The SMILES string of the molecule is CCCC(=O)O[C@H]1C[C@@]2(COC(C)=O)[C@@H](C=C1C)O[C@@H]1[C@H](O)[C@@H](OC(C)=O)[C@@]2(C)C12CO2. The van der Waals surface area contributed by atoms with Gasteiger partial charge in [0, 0.05) is 26.7 Å². The number of hydrogen-bond acceptors (Lipinski definition) is 9.